The van der Waals surface area contributed by atoms with Gasteiger partial charge >= 0.3 is 0 Å². The van der Waals surface area contributed by atoms with Crippen LogP contribution in [0.2, 0.25) is 0 Å². The summed E-state index contributed by atoms with van der Waals surface area (Å²) in [6.07, 6.45) is 2.86. The molecule has 2 heterocycles. The molecule has 6 nitrogen and oxygen atoms in total. The Kier molecular flexibility index (Phi) is 7.62. The van der Waals surface area contributed by atoms with E-state index in [2.05, 4.69) is 10.3 Å². The highest BCUT2D eigenvalue weighted by atomic mass is 32.1. The molecule has 2 aromatic carbocycles. The lowest BCUT2D eigenvalue weighted by atomic mass is 10.0. The van der Waals surface area contributed by atoms with E-state index in [0.717, 1.165) is 22.1 Å². The van der Waals surface area contributed by atoms with E-state index in [9.17, 15) is 18.8 Å². The fourth-order valence-corrected chi connectivity index (χ4v) is 4.56. The Bertz CT molecular complexity index is 1380. The van der Waals surface area contributed by atoms with E-state index in [4.69, 9.17) is 4.74 Å². The van der Waals surface area contributed by atoms with E-state index < -0.39 is 0 Å². The molecular weight excluding hydrogens is 467 g/mol. The largest absolute Gasteiger partial charge is 0.456 e. The van der Waals surface area contributed by atoms with Crippen molar-refractivity contribution in [3.63, 3.8) is 0 Å². The maximum atomic E-state index is 13.9. The minimum atomic E-state index is -0.369. The summed E-state index contributed by atoms with van der Waals surface area (Å²) in [5.41, 5.74) is 2.76. The van der Waals surface area contributed by atoms with Crippen LogP contribution in [0.1, 0.15) is 32.8 Å². The number of aldehydes is 1. The number of hydrogen-bond acceptors (Lipinski definition) is 6. The number of amides is 1. The van der Waals surface area contributed by atoms with Crippen LogP contribution in [0.5, 0.6) is 11.5 Å². The van der Waals surface area contributed by atoms with Crippen molar-refractivity contribution in [1.29, 1.82) is 0 Å². The first-order chi connectivity index (χ1) is 16.9. The summed E-state index contributed by atoms with van der Waals surface area (Å²) < 4.78 is 20.7. The molecule has 4 aromatic rings. The number of hydrogen-bond donors (Lipinski definition) is 1. The van der Waals surface area contributed by atoms with Crippen molar-refractivity contribution in [2.75, 3.05) is 6.54 Å². The van der Waals surface area contributed by atoms with Crippen molar-refractivity contribution in [3.8, 4) is 11.5 Å². The molecule has 8 heteroatoms. The second kappa shape index (κ2) is 11.0. The smallest absolute Gasteiger partial charge is 0.261 e. The normalized spacial score (nSPS) is 10.8. The minimum Gasteiger partial charge on any atom is -0.456 e. The molecule has 4 rings (SSSR count). The molecule has 0 aliphatic rings. The van der Waals surface area contributed by atoms with E-state index >= 15 is 0 Å². The summed E-state index contributed by atoms with van der Waals surface area (Å²) in [6, 6.07) is 15.3. The topological polar surface area (TPSA) is 85.4 Å². The SMILES string of the molecule is Cc1ccc(F)c(CC(=O)Cc2ccc(Oc3ccnc4cc(C(=O)NCCC=O)sc34)cc2)c1. The Balaban J connectivity index is 1.42. The molecule has 0 aliphatic heterocycles. The number of fused-ring (bicyclic) bond motifs is 1. The van der Waals surface area contributed by atoms with Crippen LogP contribution in [-0.2, 0) is 22.4 Å². The molecule has 1 N–H and O–H groups in total. The lowest BCUT2D eigenvalue weighted by Crippen LogP contribution is -2.23. The summed E-state index contributed by atoms with van der Waals surface area (Å²) in [5, 5.41) is 2.70. The fourth-order valence-electron chi connectivity index (χ4n) is 3.58. The quantitative estimate of drug-likeness (QED) is 0.244. The van der Waals surface area contributed by atoms with Gasteiger partial charge in [-0.05, 0) is 42.3 Å². The summed E-state index contributed by atoms with van der Waals surface area (Å²) >= 11 is 1.26. The second-order valence-corrected chi connectivity index (χ2v) is 9.13. The van der Waals surface area contributed by atoms with Crippen molar-refractivity contribution < 1.29 is 23.5 Å². The number of carbonyl (C=O) groups is 3. The molecule has 0 radical (unpaired) electrons. The van der Waals surface area contributed by atoms with Gasteiger partial charge in [0.1, 0.15) is 29.4 Å². The predicted octanol–water partition coefficient (Wildman–Crippen LogP) is 5.21. The maximum absolute atomic E-state index is 13.9. The number of carbonyl (C=O) groups excluding carboxylic acids is 3. The van der Waals surface area contributed by atoms with E-state index in [1.165, 1.54) is 17.4 Å². The average molecular weight is 491 g/mol. The van der Waals surface area contributed by atoms with Gasteiger partial charge in [-0.2, -0.15) is 0 Å². The number of Topliss-reactive ketones (excluding diaryl/α,β-unsaturated/α-hetero) is 1. The lowest BCUT2D eigenvalue weighted by molar-refractivity contribution is -0.117. The Morgan fingerprint density at radius 3 is 2.66 bits per heavy atom. The van der Waals surface area contributed by atoms with Gasteiger partial charge < -0.3 is 14.8 Å². The third-order valence-electron chi connectivity index (χ3n) is 5.29. The molecule has 0 atom stereocenters. The lowest BCUT2D eigenvalue weighted by Gasteiger charge is -2.08. The number of ether oxygens (including phenoxy) is 1. The van der Waals surface area contributed by atoms with Crippen molar-refractivity contribution in [3.05, 3.63) is 88.2 Å². The number of aromatic nitrogens is 1. The van der Waals surface area contributed by atoms with E-state index in [-0.39, 0.29) is 43.3 Å². The average Bonchev–Trinajstić information content (AvgIpc) is 3.28. The van der Waals surface area contributed by atoms with Crippen LogP contribution >= 0.6 is 11.3 Å². The molecule has 0 saturated carbocycles. The van der Waals surface area contributed by atoms with Gasteiger partial charge in [0.2, 0.25) is 0 Å². The van der Waals surface area contributed by atoms with Gasteiger partial charge in [0, 0.05) is 38.1 Å². The second-order valence-electron chi connectivity index (χ2n) is 8.08. The number of rotatable bonds is 10. The van der Waals surface area contributed by atoms with Gasteiger partial charge in [0.05, 0.1) is 15.1 Å². The standard InChI is InChI=1S/C27H23FN2O4S/c1-17-3-8-22(28)19(13-17)15-20(32)14-18-4-6-21(7-5-18)34-24-9-11-29-23-16-25(35-26(23)24)27(33)30-10-2-12-31/h3-9,11-13,16H,2,10,14-15H2,1H3,(H,30,33). The molecule has 2 aromatic heterocycles. The van der Waals surface area contributed by atoms with Crippen LogP contribution in [-0.4, -0.2) is 29.5 Å². The van der Waals surface area contributed by atoms with Crippen LogP contribution < -0.4 is 10.1 Å². The number of aryl methyl sites for hydroxylation is 1. The molecule has 0 fully saturated rings. The van der Waals surface area contributed by atoms with Gasteiger partial charge in [-0.15, -0.1) is 11.3 Å². The van der Waals surface area contributed by atoms with E-state index in [1.54, 1.807) is 54.7 Å². The van der Waals surface area contributed by atoms with Crippen molar-refractivity contribution >= 4 is 39.5 Å². The van der Waals surface area contributed by atoms with Gasteiger partial charge in [0.15, 0.2) is 0 Å². The zero-order chi connectivity index (χ0) is 24.8. The minimum absolute atomic E-state index is 0.0458. The Morgan fingerprint density at radius 1 is 1.09 bits per heavy atom. The molecular formula is C27H23FN2O4S. The molecule has 178 valence electrons. The number of ketones is 1. The molecule has 0 saturated heterocycles. The van der Waals surface area contributed by atoms with Crippen LogP contribution in [0.15, 0.2) is 60.8 Å². The monoisotopic (exact) mass is 490 g/mol. The zero-order valence-corrected chi connectivity index (χ0v) is 19.9. The number of thiophene rings is 1. The summed E-state index contributed by atoms with van der Waals surface area (Å²) in [7, 11) is 0. The van der Waals surface area contributed by atoms with E-state index in [0.29, 0.717) is 27.5 Å². The summed E-state index contributed by atoms with van der Waals surface area (Å²) in [4.78, 5) is 40.0. The van der Waals surface area contributed by atoms with Crippen LogP contribution in [0.3, 0.4) is 0 Å². The molecule has 0 unspecified atom stereocenters. The maximum Gasteiger partial charge on any atom is 0.261 e. The first-order valence-electron chi connectivity index (χ1n) is 11.1. The van der Waals surface area contributed by atoms with Crippen LogP contribution in [0, 0.1) is 12.7 Å². The molecule has 0 aliphatic carbocycles. The highest BCUT2D eigenvalue weighted by molar-refractivity contribution is 7.21. The van der Waals surface area contributed by atoms with Gasteiger partial charge in [0.25, 0.3) is 5.91 Å². The Labute approximate surface area is 205 Å². The molecule has 0 bridgehead atoms. The van der Waals surface area contributed by atoms with Crippen LogP contribution in [0.4, 0.5) is 4.39 Å². The number of nitrogens with zero attached hydrogens (tertiary/aromatic N) is 1. The Hall–Kier alpha value is -3.91. The molecule has 1 amide bonds. The van der Waals surface area contributed by atoms with Gasteiger partial charge in [-0.1, -0.05) is 29.8 Å². The number of nitrogens with one attached hydrogen (secondary N) is 1. The fraction of sp³-hybridized carbons (Fsp3) is 0.185. The zero-order valence-electron chi connectivity index (χ0n) is 19.0. The van der Waals surface area contributed by atoms with Crippen molar-refractivity contribution in [1.82, 2.24) is 10.3 Å². The third-order valence-corrected chi connectivity index (χ3v) is 6.43. The predicted molar refractivity (Wildman–Crippen MR) is 133 cm³/mol. The summed E-state index contributed by atoms with van der Waals surface area (Å²) in [5.74, 6) is 0.429. The Morgan fingerprint density at radius 2 is 1.89 bits per heavy atom. The molecule has 0 spiro atoms. The summed E-state index contributed by atoms with van der Waals surface area (Å²) in [6.45, 7) is 2.15. The highest BCUT2D eigenvalue weighted by Crippen LogP contribution is 2.35. The van der Waals surface area contributed by atoms with Gasteiger partial charge in [-0.3, -0.25) is 14.6 Å². The van der Waals surface area contributed by atoms with Gasteiger partial charge in [-0.25, -0.2) is 4.39 Å². The molecule has 35 heavy (non-hydrogen) atoms. The third kappa shape index (κ3) is 6.16. The number of pyridine rings is 1. The van der Waals surface area contributed by atoms with E-state index in [1.807, 2.05) is 6.92 Å². The first-order valence-corrected chi connectivity index (χ1v) is 11.9. The van der Waals surface area contributed by atoms with Crippen molar-refractivity contribution in [2.45, 2.75) is 26.2 Å². The highest BCUT2D eigenvalue weighted by Gasteiger charge is 2.15. The first kappa shape index (κ1) is 24.2. The van der Waals surface area contributed by atoms with Crippen LogP contribution in [0.25, 0.3) is 10.2 Å². The number of halogens is 1. The number of benzene rings is 2. The van der Waals surface area contributed by atoms with Crippen molar-refractivity contribution in [2.24, 2.45) is 0 Å².